The minimum Gasteiger partial charge on any atom is -0.356 e. The first-order valence-electron chi connectivity index (χ1n) is 10.2. The molecule has 0 spiro atoms. The molecule has 0 bridgehead atoms. The van der Waals surface area contributed by atoms with Crippen LogP contribution in [0.5, 0.6) is 0 Å². The van der Waals surface area contributed by atoms with Crippen molar-refractivity contribution in [2.24, 2.45) is 10.9 Å². The largest absolute Gasteiger partial charge is 0.356 e. The van der Waals surface area contributed by atoms with Crippen LogP contribution in [0.25, 0.3) is 5.57 Å². The molecule has 0 atom stereocenters. The Morgan fingerprint density at radius 3 is 2.48 bits per heavy atom. The Kier molecular flexibility index (Phi) is 9.62. The lowest BCUT2D eigenvalue weighted by atomic mass is 9.96. The molecule has 2 heterocycles. The summed E-state index contributed by atoms with van der Waals surface area (Å²) < 4.78 is 0. The van der Waals surface area contributed by atoms with Crippen LogP contribution in [0.4, 0.5) is 0 Å². The number of aliphatic imine (C=N–C) groups is 1. The number of likely N-dealkylation sites (tertiary alicyclic amines) is 1. The molecule has 1 aromatic rings. The van der Waals surface area contributed by atoms with Crippen molar-refractivity contribution in [1.29, 1.82) is 0 Å². The maximum absolute atomic E-state index is 4.53. The number of nitrogens with one attached hydrogen (secondary N) is 1. The van der Waals surface area contributed by atoms with E-state index >= 15 is 0 Å². The van der Waals surface area contributed by atoms with Crippen LogP contribution in [0.15, 0.2) is 41.4 Å². The van der Waals surface area contributed by atoms with E-state index in [0.29, 0.717) is 0 Å². The van der Waals surface area contributed by atoms with Crippen LogP contribution in [-0.4, -0.2) is 62.1 Å². The molecule has 2 aliphatic rings. The van der Waals surface area contributed by atoms with E-state index in [1.54, 1.807) is 0 Å². The summed E-state index contributed by atoms with van der Waals surface area (Å²) in [6.45, 7) is 9.07. The fourth-order valence-electron chi connectivity index (χ4n) is 4.07. The van der Waals surface area contributed by atoms with E-state index in [1.165, 1.54) is 50.0 Å². The van der Waals surface area contributed by atoms with Gasteiger partial charge in [-0.2, -0.15) is 0 Å². The molecule has 0 unspecified atom stereocenters. The molecule has 3 rings (SSSR count). The first-order valence-corrected chi connectivity index (χ1v) is 10.2. The Morgan fingerprint density at radius 2 is 1.89 bits per heavy atom. The van der Waals surface area contributed by atoms with E-state index in [4.69, 9.17) is 0 Å². The van der Waals surface area contributed by atoms with Gasteiger partial charge in [-0.3, -0.25) is 4.99 Å². The first kappa shape index (κ1) is 22.2. The van der Waals surface area contributed by atoms with Gasteiger partial charge in [-0.05, 0) is 62.4 Å². The van der Waals surface area contributed by atoms with Crippen LogP contribution in [-0.2, 0) is 0 Å². The van der Waals surface area contributed by atoms with E-state index in [1.807, 2.05) is 7.05 Å². The van der Waals surface area contributed by atoms with Crippen LogP contribution < -0.4 is 5.32 Å². The second kappa shape index (κ2) is 11.7. The average Bonchev–Trinajstić information content (AvgIpc) is 2.71. The van der Waals surface area contributed by atoms with Gasteiger partial charge in [0.1, 0.15) is 0 Å². The first-order chi connectivity index (χ1) is 12.8. The number of guanidine groups is 1. The van der Waals surface area contributed by atoms with Crippen LogP contribution in [0, 0.1) is 5.92 Å². The van der Waals surface area contributed by atoms with E-state index < -0.39 is 0 Å². The molecule has 0 radical (unpaired) electrons. The zero-order valence-corrected chi connectivity index (χ0v) is 19.2. The van der Waals surface area contributed by atoms with Crippen molar-refractivity contribution in [2.75, 3.05) is 46.3 Å². The Balaban J connectivity index is 0.00000261. The van der Waals surface area contributed by atoms with E-state index in [0.717, 1.165) is 37.9 Å². The Labute approximate surface area is 182 Å². The number of halogens is 1. The molecule has 2 aliphatic heterocycles. The van der Waals surface area contributed by atoms with Crippen LogP contribution in [0.1, 0.15) is 38.2 Å². The van der Waals surface area contributed by atoms with E-state index in [9.17, 15) is 0 Å². The number of hydrogen-bond donors (Lipinski definition) is 1. The molecule has 1 N–H and O–H groups in total. The number of piperidine rings is 1. The SMILES string of the molecule is CCCN1CCC(CNC(=NC)N2CC=C(c3ccccc3)CC2)CC1.I. The Morgan fingerprint density at radius 1 is 1.15 bits per heavy atom. The van der Waals surface area contributed by atoms with Crippen LogP contribution >= 0.6 is 24.0 Å². The van der Waals surface area contributed by atoms with Gasteiger partial charge in [0.15, 0.2) is 5.96 Å². The fourth-order valence-corrected chi connectivity index (χ4v) is 4.07. The molecule has 4 nitrogen and oxygen atoms in total. The summed E-state index contributed by atoms with van der Waals surface area (Å²) in [5, 5.41) is 3.64. The molecule has 5 heteroatoms. The van der Waals surface area contributed by atoms with Crippen molar-refractivity contribution >= 4 is 35.5 Å². The summed E-state index contributed by atoms with van der Waals surface area (Å²) in [4.78, 5) is 9.51. The van der Waals surface area contributed by atoms with Crippen molar-refractivity contribution in [1.82, 2.24) is 15.1 Å². The maximum atomic E-state index is 4.53. The van der Waals surface area contributed by atoms with Crippen molar-refractivity contribution in [3.8, 4) is 0 Å². The minimum atomic E-state index is 0. The Hall–Kier alpha value is -1.08. The molecule has 0 aromatic heterocycles. The smallest absolute Gasteiger partial charge is 0.193 e. The highest BCUT2D eigenvalue weighted by Crippen LogP contribution is 2.22. The number of benzene rings is 1. The molecular weight excluding hydrogens is 447 g/mol. The van der Waals surface area contributed by atoms with Crippen molar-refractivity contribution in [3.63, 3.8) is 0 Å². The number of nitrogens with zero attached hydrogens (tertiary/aromatic N) is 3. The summed E-state index contributed by atoms with van der Waals surface area (Å²) in [5.74, 6) is 1.84. The van der Waals surface area contributed by atoms with Crippen LogP contribution in [0.2, 0.25) is 0 Å². The molecule has 1 fully saturated rings. The predicted molar refractivity (Wildman–Crippen MR) is 127 cm³/mol. The molecule has 0 amide bonds. The van der Waals surface area contributed by atoms with Gasteiger partial charge in [0, 0.05) is 26.7 Å². The number of rotatable bonds is 5. The second-order valence-corrected chi connectivity index (χ2v) is 7.50. The molecular formula is C22H35IN4. The van der Waals surface area contributed by atoms with E-state index in [-0.39, 0.29) is 24.0 Å². The van der Waals surface area contributed by atoms with Gasteiger partial charge >= 0.3 is 0 Å². The Bertz CT molecular complexity index is 606. The molecule has 0 saturated carbocycles. The molecule has 27 heavy (non-hydrogen) atoms. The maximum Gasteiger partial charge on any atom is 0.193 e. The molecule has 0 aliphatic carbocycles. The average molecular weight is 482 g/mol. The third-order valence-electron chi connectivity index (χ3n) is 5.66. The molecule has 150 valence electrons. The highest BCUT2D eigenvalue weighted by atomic mass is 127. The van der Waals surface area contributed by atoms with Crippen LogP contribution in [0.3, 0.4) is 0 Å². The zero-order chi connectivity index (χ0) is 18.2. The third-order valence-corrected chi connectivity index (χ3v) is 5.66. The summed E-state index contributed by atoms with van der Waals surface area (Å²) in [6, 6.07) is 10.7. The van der Waals surface area contributed by atoms with Gasteiger partial charge in [-0.1, -0.05) is 43.3 Å². The summed E-state index contributed by atoms with van der Waals surface area (Å²) in [7, 11) is 1.91. The van der Waals surface area contributed by atoms with Gasteiger partial charge in [0.2, 0.25) is 0 Å². The predicted octanol–water partition coefficient (Wildman–Crippen LogP) is 4.09. The quantitative estimate of drug-likeness (QED) is 0.390. The molecule has 1 aromatic carbocycles. The lowest BCUT2D eigenvalue weighted by Crippen LogP contribution is -2.46. The highest BCUT2D eigenvalue weighted by molar-refractivity contribution is 14.0. The van der Waals surface area contributed by atoms with E-state index in [2.05, 4.69) is 63.4 Å². The normalized spacial score (nSPS) is 19.4. The zero-order valence-electron chi connectivity index (χ0n) is 16.9. The van der Waals surface area contributed by atoms with Crippen molar-refractivity contribution in [2.45, 2.75) is 32.6 Å². The van der Waals surface area contributed by atoms with Crippen molar-refractivity contribution in [3.05, 3.63) is 42.0 Å². The lowest BCUT2D eigenvalue weighted by Gasteiger charge is -2.34. The van der Waals surface area contributed by atoms with Crippen molar-refractivity contribution < 1.29 is 0 Å². The monoisotopic (exact) mass is 482 g/mol. The standard InChI is InChI=1S/C22H34N4.HI/c1-3-13-25-14-9-19(10-15-25)18-24-22(23-2)26-16-11-21(12-17-26)20-7-5-4-6-8-20;/h4-8,11,19H,3,9-10,12-18H2,1-2H3,(H,23,24);1H. The highest BCUT2D eigenvalue weighted by Gasteiger charge is 2.20. The number of hydrogen-bond acceptors (Lipinski definition) is 2. The summed E-state index contributed by atoms with van der Waals surface area (Å²) >= 11 is 0. The topological polar surface area (TPSA) is 30.9 Å². The van der Waals surface area contributed by atoms with Gasteiger partial charge in [-0.25, -0.2) is 0 Å². The van der Waals surface area contributed by atoms with Gasteiger partial charge in [0.25, 0.3) is 0 Å². The van der Waals surface area contributed by atoms with Gasteiger partial charge in [-0.15, -0.1) is 24.0 Å². The minimum absolute atomic E-state index is 0. The summed E-state index contributed by atoms with van der Waals surface area (Å²) in [5.41, 5.74) is 2.81. The molecule has 1 saturated heterocycles. The summed E-state index contributed by atoms with van der Waals surface area (Å²) in [6.07, 6.45) is 7.32. The third kappa shape index (κ3) is 6.49. The van der Waals surface area contributed by atoms with Gasteiger partial charge in [0.05, 0.1) is 0 Å². The van der Waals surface area contributed by atoms with Gasteiger partial charge < -0.3 is 15.1 Å². The fraction of sp³-hybridized carbons (Fsp3) is 0.591. The lowest BCUT2D eigenvalue weighted by molar-refractivity contribution is 0.185. The second-order valence-electron chi connectivity index (χ2n) is 7.50.